The zero-order valence-corrected chi connectivity index (χ0v) is 14.0. The van der Waals surface area contributed by atoms with E-state index in [0.29, 0.717) is 5.13 Å². The Morgan fingerprint density at radius 2 is 1.84 bits per heavy atom. The molecule has 5 rings (SSSR count). The van der Waals surface area contributed by atoms with Gasteiger partial charge in [-0.3, -0.25) is 19.3 Å². The molecule has 0 radical (unpaired) electrons. The van der Waals surface area contributed by atoms with Gasteiger partial charge in [-0.05, 0) is 30.4 Å². The molecule has 4 atom stereocenters. The molecular formula is C18H15N3O3S. The molecule has 2 aromatic rings. The van der Waals surface area contributed by atoms with Crippen LogP contribution in [0.1, 0.15) is 6.42 Å². The molecule has 25 heavy (non-hydrogen) atoms. The smallest absolute Gasteiger partial charge is 0.246 e. The minimum absolute atomic E-state index is 0.156. The molecule has 0 spiro atoms. The number of rotatable bonds is 3. The fourth-order valence-corrected chi connectivity index (χ4v) is 5.23. The van der Waals surface area contributed by atoms with Gasteiger partial charge in [-0.15, -0.1) is 0 Å². The summed E-state index contributed by atoms with van der Waals surface area (Å²) in [4.78, 5) is 43.0. The third-order valence-corrected chi connectivity index (χ3v) is 6.36. The van der Waals surface area contributed by atoms with Crippen molar-refractivity contribution in [1.29, 1.82) is 0 Å². The highest BCUT2D eigenvalue weighted by molar-refractivity contribution is 7.22. The monoisotopic (exact) mass is 353 g/mol. The minimum Gasteiger partial charge on any atom is -0.300 e. The van der Waals surface area contributed by atoms with Gasteiger partial charge in [-0.25, -0.2) is 4.98 Å². The second kappa shape index (κ2) is 5.23. The molecule has 126 valence electrons. The predicted octanol–water partition coefficient (Wildman–Crippen LogP) is 2.04. The van der Waals surface area contributed by atoms with Crippen LogP contribution < -0.4 is 5.32 Å². The first-order valence-corrected chi connectivity index (χ1v) is 9.12. The molecule has 1 aliphatic heterocycles. The van der Waals surface area contributed by atoms with Crippen LogP contribution in [-0.2, 0) is 14.4 Å². The molecule has 2 aliphatic carbocycles. The maximum absolute atomic E-state index is 12.6. The summed E-state index contributed by atoms with van der Waals surface area (Å²) < 4.78 is 0.975. The average Bonchev–Trinajstić information content (AvgIpc) is 3.34. The van der Waals surface area contributed by atoms with Crippen molar-refractivity contribution in [3.05, 3.63) is 36.4 Å². The average molecular weight is 353 g/mol. The van der Waals surface area contributed by atoms with Crippen molar-refractivity contribution in [1.82, 2.24) is 9.88 Å². The molecule has 1 saturated carbocycles. The number of allylic oxidation sites excluding steroid dienone is 2. The number of hydrogen-bond acceptors (Lipinski definition) is 5. The molecule has 2 bridgehead atoms. The quantitative estimate of drug-likeness (QED) is 0.676. The van der Waals surface area contributed by atoms with E-state index >= 15 is 0 Å². The Hall–Kier alpha value is -2.54. The number of hydrogen-bond donors (Lipinski definition) is 1. The summed E-state index contributed by atoms with van der Waals surface area (Å²) >= 11 is 1.37. The number of imide groups is 1. The third kappa shape index (κ3) is 2.15. The standard InChI is InChI=1S/C18H15N3O3S/c22-13(20-18-19-11-3-1-2-4-12(11)25-18)8-21-16(23)14-9-5-6-10(7-9)15(14)17(21)24/h1-6,9-10,14-15H,7-8H2,(H,19,20,22)/t9-,10-,14+,15+/m0/s1. The van der Waals surface area contributed by atoms with Crippen LogP contribution in [0.3, 0.4) is 0 Å². The number of thiazole rings is 1. The first-order valence-electron chi connectivity index (χ1n) is 8.31. The molecular weight excluding hydrogens is 338 g/mol. The van der Waals surface area contributed by atoms with Crippen LogP contribution in [0.4, 0.5) is 5.13 Å². The Balaban J connectivity index is 1.31. The molecule has 1 aromatic heterocycles. The van der Waals surface area contributed by atoms with E-state index in [1.807, 2.05) is 36.4 Å². The second-order valence-electron chi connectivity index (χ2n) is 6.80. The van der Waals surface area contributed by atoms with Crippen LogP contribution in [0.15, 0.2) is 36.4 Å². The normalized spacial score (nSPS) is 29.7. The number of nitrogens with zero attached hydrogens (tertiary/aromatic N) is 2. The van der Waals surface area contributed by atoms with Crippen molar-refractivity contribution >= 4 is 44.4 Å². The first kappa shape index (κ1) is 14.8. The van der Waals surface area contributed by atoms with Gasteiger partial charge in [-0.2, -0.15) is 0 Å². The van der Waals surface area contributed by atoms with Crippen LogP contribution in [0.2, 0.25) is 0 Å². The highest BCUT2D eigenvalue weighted by atomic mass is 32.1. The lowest BCUT2D eigenvalue weighted by atomic mass is 9.85. The van der Waals surface area contributed by atoms with Gasteiger partial charge in [0.05, 0.1) is 22.1 Å². The number of aromatic nitrogens is 1. The maximum atomic E-state index is 12.6. The lowest BCUT2D eigenvalue weighted by Crippen LogP contribution is -2.39. The zero-order chi connectivity index (χ0) is 17.1. The third-order valence-electron chi connectivity index (χ3n) is 5.40. The van der Waals surface area contributed by atoms with Crippen molar-refractivity contribution in [2.75, 3.05) is 11.9 Å². The molecule has 1 aromatic carbocycles. The Morgan fingerprint density at radius 1 is 1.16 bits per heavy atom. The van der Waals surface area contributed by atoms with Crippen LogP contribution in [0.25, 0.3) is 10.2 Å². The van der Waals surface area contributed by atoms with E-state index in [4.69, 9.17) is 0 Å². The van der Waals surface area contributed by atoms with Crippen LogP contribution >= 0.6 is 11.3 Å². The number of benzene rings is 1. The Bertz CT molecular complexity index is 887. The van der Waals surface area contributed by atoms with Crippen LogP contribution in [-0.4, -0.2) is 34.2 Å². The van der Waals surface area contributed by atoms with Gasteiger partial charge in [0, 0.05) is 0 Å². The Labute approximate surface area is 147 Å². The number of likely N-dealkylation sites (tertiary alicyclic amines) is 1. The first-order chi connectivity index (χ1) is 12.1. The van der Waals surface area contributed by atoms with Gasteiger partial charge in [-0.1, -0.05) is 35.6 Å². The van der Waals surface area contributed by atoms with E-state index in [9.17, 15) is 14.4 Å². The molecule has 7 heteroatoms. The lowest BCUT2D eigenvalue weighted by Gasteiger charge is -2.16. The second-order valence-corrected chi connectivity index (χ2v) is 7.83. The van der Waals surface area contributed by atoms with Gasteiger partial charge in [0.15, 0.2) is 5.13 Å². The number of nitrogens with one attached hydrogen (secondary N) is 1. The largest absolute Gasteiger partial charge is 0.300 e. The highest BCUT2D eigenvalue weighted by Crippen LogP contribution is 2.52. The van der Waals surface area contributed by atoms with Gasteiger partial charge in [0.1, 0.15) is 6.54 Å². The highest BCUT2D eigenvalue weighted by Gasteiger charge is 2.59. The fraction of sp³-hybridized carbons (Fsp3) is 0.333. The topological polar surface area (TPSA) is 79.4 Å². The predicted molar refractivity (Wildman–Crippen MR) is 92.7 cm³/mol. The lowest BCUT2D eigenvalue weighted by molar-refractivity contribution is -0.143. The molecule has 2 fully saturated rings. The minimum atomic E-state index is -0.388. The van der Waals surface area contributed by atoms with Crippen molar-refractivity contribution < 1.29 is 14.4 Å². The number of carbonyl (C=O) groups is 3. The fourth-order valence-electron chi connectivity index (χ4n) is 4.35. The summed E-state index contributed by atoms with van der Waals surface area (Å²) in [5.41, 5.74) is 0.813. The summed E-state index contributed by atoms with van der Waals surface area (Å²) in [7, 11) is 0. The van der Waals surface area contributed by atoms with E-state index in [1.165, 1.54) is 11.3 Å². The summed E-state index contributed by atoms with van der Waals surface area (Å²) in [5.74, 6) is -1.01. The van der Waals surface area contributed by atoms with Crippen molar-refractivity contribution in [2.45, 2.75) is 6.42 Å². The number of anilines is 1. The van der Waals surface area contributed by atoms with Gasteiger partial charge in [0.25, 0.3) is 0 Å². The van der Waals surface area contributed by atoms with Crippen molar-refractivity contribution in [3.8, 4) is 0 Å². The van der Waals surface area contributed by atoms with Gasteiger partial charge >= 0.3 is 0 Å². The van der Waals surface area contributed by atoms with Gasteiger partial charge < -0.3 is 5.32 Å². The van der Waals surface area contributed by atoms with Crippen molar-refractivity contribution in [2.24, 2.45) is 23.7 Å². The van der Waals surface area contributed by atoms with E-state index in [0.717, 1.165) is 21.5 Å². The SMILES string of the molecule is O=C(CN1C(=O)[C@H]2[C@H](C1=O)[C@H]1C=C[C@H]2C1)Nc1nc2ccccc2s1. The molecule has 3 amide bonds. The summed E-state index contributed by atoms with van der Waals surface area (Å²) in [5, 5.41) is 3.19. The molecule has 1 N–H and O–H groups in total. The summed E-state index contributed by atoms with van der Waals surface area (Å²) in [6.45, 7) is -0.236. The number of fused-ring (bicyclic) bond motifs is 6. The van der Waals surface area contributed by atoms with E-state index in [-0.39, 0.29) is 47.9 Å². The number of amides is 3. The van der Waals surface area contributed by atoms with E-state index in [2.05, 4.69) is 10.3 Å². The van der Waals surface area contributed by atoms with Gasteiger partial charge in [0.2, 0.25) is 17.7 Å². The van der Waals surface area contributed by atoms with Crippen molar-refractivity contribution in [3.63, 3.8) is 0 Å². The molecule has 0 unspecified atom stereocenters. The summed E-state index contributed by atoms with van der Waals surface area (Å²) in [6, 6.07) is 7.60. The molecule has 1 saturated heterocycles. The zero-order valence-electron chi connectivity index (χ0n) is 13.2. The maximum Gasteiger partial charge on any atom is 0.246 e. The number of para-hydroxylation sites is 1. The Morgan fingerprint density at radius 3 is 2.52 bits per heavy atom. The summed E-state index contributed by atoms with van der Waals surface area (Å²) in [6.07, 6.45) is 4.97. The molecule has 2 heterocycles. The van der Waals surface area contributed by atoms with E-state index in [1.54, 1.807) is 0 Å². The molecule has 3 aliphatic rings. The molecule has 6 nitrogen and oxygen atoms in total. The van der Waals surface area contributed by atoms with Crippen LogP contribution in [0.5, 0.6) is 0 Å². The van der Waals surface area contributed by atoms with Crippen LogP contribution in [0, 0.1) is 23.7 Å². The Kier molecular flexibility index (Phi) is 3.09. The number of carbonyl (C=O) groups excluding carboxylic acids is 3. The van der Waals surface area contributed by atoms with E-state index < -0.39 is 0 Å².